The van der Waals surface area contributed by atoms with Gasteiger partial charge in [0.1, 0.15) is 12.2 Å². The summed E-state index contributed by atoms with van der Waals surface area (Å²) in [6.45, 7) is -0.961. The van der Waals surface area contributed by atoms with Gasteiger partial charge in [0.2, 0.25) is 0 Å². The summed E-state index contributed by atoms with van der Waals surface area (Å²) in [6.07, 6.45) is -14.1. The lowest BCUT2D eigenvalue weighted by atomic mass is 9.91. The molecule has 0 spiro atoms. The first kappa shape index (κ1) is 29.3. The molecule has 0 unspecified atom stereocenters. The third kappa shape index (κ3) is 7.52. The number of hydrogen-bond donors (Lipinski definition) is 3. The van der Waals surface area contributed by atoms with Gasteiger partial charge in [-0.3, -0.25) is 4.79 Å². The predicted octanol–water partition coefficient (Wildman–Crippen LogP) is 3.82. The molecule has 0 bridgehead atoms. The van der Waals surface area contributed by atoms with Crippen molar-refractivity contribution in [3.8, 4) is 0 Å². The highest BCUT2D eigenvalue weighted by atomic mass is 19.4. The molecule has 0 aliphatic carbocycles. The second-order valence-electron chi connectivity index (χ2n) is 7.70. The van der Waals surface area contributed by atoms with Crippen molar-refractivity contribution < 1.29 is 58.9 Å². The molecule has 0 saturated carbocycles. The molecule has 1 aromatic carbocycles. The first-order valence-corrected chi connectivity index (χ1v) is 10.0. The van der Waals surface area contributed by atoms with Gasteiger partial charge in [-0.05, 0) is 31.5 Å². The third-order valence-corrected chi connectivity index (χ3v) is 5.08. The maximum absolute atomic E-state index is 13.0. The fourth-order valence-corrected chi connectivity index (χ4v) is 3.13. The van der Waals surface area contributed by atoms with Crippen molar-refractivity contribution in [2.24, 2.45) is 10.2 Å². The van der Waals surface area contributed by atoms with Gasteiger partial charge < -0.3 is 20.5 Å². The summed E-state index contributed by atoms with van der Waals surface area (Å²) in [4.78, 5) is 21.5. The zero-order valence-corrected chi connectivity index (χ0v) is 18.0. The molecule has 0 aromatic heterocycles. The van der Waals surface area contributed by atoms with E-state index in [1.807, 2.05) is 0 Å². The van der Waals surface area contributed by atoms with Crippen molar-refractivity contribution in [2.45, 2.75) is 49.2 Å². The molecule has 2 aliphatic heterocycles. The number of carbonyl (C=O) groups is 2. The Morgan fingerprint density at radius 2 is 1.47 bits per heavy atom. The molecule has 202 valence electrons. The Labute approximate surface area is 196 Å². The topological polar surface area (TPSA) is 112 Å². The van der Waals surface area contributed by atoms with E-state index in [9.17, 15) is 44.3 Å². The Kier molecular flexibility index (Phi) is 8.60. The maximum Gasteiger partial charge on any atom is 0.490 e. The Balaban J connectivity index is 0.000000572. The van der Waals surface area contributed by atoms with Gasteiger partial charge in [0.15, 0.2) is 0 Å². The third-order valence-electron chi connectivity index (χ3n) is 5.08. The first-order valence-electron chi connectivity index (χ1n) is 10.0. The molecular weight excluding hydrogens is 519 g/mol. The minimum Gasteiger partial charge on any atom is -0.475 e. The zero-order chi connectivity index (χ0) is 27.4. The largest absolute Gasteiger partial charge is 0.490 e. The van der Waals surface area contributed by atoms with E-state index in [-0.39, 0.29) is 24.9 Å². The SMILES string of the molecule is O=C(NCc1ccc(C2(C(F)(F)F)N=N2)cc1)C1(OCC(F)(F)F)CCNCC1.O=C(O)C(F)(F)F. The lowest BCUT2D eigenvalue weighted by molar-refractivity contribution is -0.210. The molecule has 3 rings (SSSR count). The summed E-state index contributed by atoms with van der Waals surface area (Å²) in [5, 5.41) is 18.8. The second-order valence-corrected chi connectivity index (χ2v) is 7.70. The van der Waals surface area contributed by atoms with Gasteiger partial charge >= 0.3 is 30.2 Å². The standard InChI is InChI=1S/C17H18F6N4O2.C2HF3O2/c18-15(19,20)10-29-14(5-7-24-8-6-14)13(28)25-9-11-1-3-12(4-2-11)16(26-27-16)17(21,22)23;3-2(4,5)1(6)7/h1-4,24H,5-10H2,(H,25,28);(H,6,7). The van der Waals surface area contributed by atoms with Crippen molar-refractivity contribution in [2.75, 3.05) is 19.7 Å². The Morgan fingerprint density at radius 1 is 0.972 bits per heavy atom. The molecule has 1 fully saturated rings. The zero-order valence-electron chi connectivity index (χ0n) is 18.0. The van der Waals surface area contributed by atoms with E-state index in [0.717, 1.165) is 0 Å². The van der Waals surface area contributed by atoms with Crippen LogP contribution in [0.15, 0.2) is 34.5 Å². The lowest BCUT2D eigenvalue weighted by Crippen LogP contribution is -2.55. The maximum atomic E-state index is 13.0. The van der Waals surface area contributed by atoms with E-state index in [4.69, 9.17) is 14.6 Å². The molecular formula is C19H19F9N4O4. The van der Waals surface area contributed by atoms with E-state index in [1.54, 1.807) is 0 Å². The number of piperidine rings is 1. The van der Waals surface area contributed by atoms with Crippen LogP contribution in [0.2, 0.25) is 0 Å². The smallest absolute Gasteiger partial charge is 0.475 e. The van der Waals surface area contributed by atoms with Crippen molar-refractivity contribution in [3.63, 3.8) is 0 Å². The molecule has 1 amide bonds. The van der Waals surface area contributed by atoms with Crippen LogP contribution in [-0.2, 0) is 26.5 Å². The Hall–Kier alpha value is -2.95. The molecule has 17 heteroatoms. The summed E-state index contributed by atoms with van der Waals surface area (Å²) in [5.74, 6) is -3.45. The molecule has 36 heavy (non-hydrogen) atoms. The normalized spacial score (nSPS) is 18.6. The monoisotopic (exact) mass is 538 g/mol. The lowest BCUT2D eigenvalue weighted by Gasteiger charge is -2.36. The average molecular weight is 538 g/mol. The number of carboxylic acid groups (broad SMARTS) is 1. The van der Waals surface area contributed by atoms with Gasteiger partial charge in [0, 0.05) is 12.1 Å². The van der Waals surface area contributed by atoms with Crippen molar-refractivity contribution in [1.29, 1.82) is 0 Å². The van der Waals surface area contributed by atoms with E-state index < -0.39 is 48.3 Å². The van der Waals surface area contributed by atoms with Crippen LogP contribution in [0, 0.1) is 0 Å². The number of ether oxygens (including phenoxy) is 1. The van der Waals surface area contributed by atoms with Crippen LogP contribution in [0.1, 0.15) is 24.0 Å². The number of aliphatic carboxylic acids is 1. The number of hydrogen-bond acceptors (Lipinski definition) is 6. The van der Waals surface area contributed by atoms with Gasteiger partial charge in [0.05, 0.1) is 0 Å². The summed E-state index contributed by atoms with van der Waals surface area (Å²) in [7, 11) is 0. The van der Waals surface area contributed by atoms with Gasteiger partial charge in [-0.1, -0.05) is 24.3 Å². The van der Waals surface area contributed by atoms with Crippen LogP contribution in [0.25, 0.3) is 0 Å². The number of rotatable bonds is 6. The fourth-order valence-electron chi connectivity index (χ4n) is 3.13. The van der Waals surface area contributed by atoms with Gasteiger partial charge in [0.25, 0.3) is 5.91 Å². The number of benzene rings is 1. The summed E-state index contributed by atoms with van der Waals surface area (Å²) in [6, 6.07) is 5.15. The van der Waals surface area contributed by atoms with Crippen LogP contribution < -0.4 is 10.6 Å². The van der Waals surface area contributed by atoms with Crippen molar-refractivity contribution in [3.05, 3.63) is 35.4 Å². The first-order chi connectivity index (χ1) is 16.4. The summed E-state index contributed by atoms with van der Waals surface area (Å²) >= 11 is 0. The number of nitrogens with zero attached hydrogens (tertiary/aromatic N) is 2. The summed E-state index contributed by atoms with van der Waals surface area (Å²) < 4.78 is 113. The molecule has 0 atom stereocenters. The molecule has 1 aromatic rings. The minimum atomic E-state index is -5.08. The number of halogens is 9. The van der Waals surface area contributed by atoms with E-state index in [1.165, 1.54) is 24.3 Å². The number of amides is 1. The van der Waals surface area contributed by atoms with Crippen LogP contribution in [0.4, 0.5) is 39.5 Å². The van der Waals surface area contributed by atoms with Gasteiger partial charge in [-0.2, -0.15) is 39.5 Å². The number of alkyl halides is 9. The van der Waals surface area contributed by atoms with E-state index in [0.29, 0.717) is 18.7 Å². The number of carbonyl (C=O) groups excluding carboxylic acids is 1. The summed E-state index contributed by atoms with van der Waals surface area (Å²) in [5.41, 5.74) is -3.81. The van der Waals surface area contributed by atoms with Crippen LogP contribution in [-0.4, -0.2) is 60.8 Å². The number of carboxylic acids is 1. The van der Waals surface area contributed by atoms with Crippen LogP contribution >= 0.6 is 0 Å². The quantitative estimate of drug-likeness (QED) is 0.477. The van der Waals surface area contributed by atoms with Gasteiger partial charge in [-0.15, -0.1) is 10.2 Å². The molecule has 2 aliphatic rings. The molecule has 1 saturated heterocycles. The van der Waals surface area contributed by atoms with Crippen molar-refractivity contribution >= 4 is 11.9 Å². The van der Waals surface area contributed by atoms with Crippen LogP contribution in [0.5, 0.6) is 0 Å². The predicted molar refractivity (Wildman–Crippen MR) is 101 cm³/mol. The highest BCUT2D eigenvalue weighted by Crippen LogP contribution is 2.52. The van der Waals surface area contributed by atoms with Gasteiger partial charge in [-0.25, -0.2) is 4.79 Å². The number of nitrogens with one attached hydrogen (secondary N) is 2. The van der Waals surface area contributed by atoms with E-state index >= 15 is 0 Å². The molecule has 8 nitrogen and oxygen atoms in total. The second kappa shape index (κ2) is 10.6. The molecule has 2 heterocycles. The average Bonchev–Trinajstić information content (AvgIpc) is 3.59. The Bertz CT molecular complexity index is 948. The minimum absolute atomic E-state index is 0.0724. The molecule has 3 N–H and O–H groups in total. The van der Waals surface area contributed by atoms with Crippen LogP contribution in [0.3, 0.4) is 0 Å². The Morgan fingerprint density at radius 3 is 1.86 bits per heavy atom. The highest BCUT2D eigenvalue weighted by molar-refractivity contribution is 5.85. The fraction of sp³-hybridized carbons (Fsp3) is 0.579. The van der Waals surface area contributed by atoms with Crippen molar-refractivity contribution in [1.82, 2.24) is 10.6 Å². The highest BCUT2D eigenvalue weighted by Gasteiger charge is 2.65. The molecule has 0 radical (unpaired) electrons. The van der Waals surface area contributed by atoms with E-state index in [2.05, 4.69) is 20.9 Å².